The van der Waals surface area contributed by atoms with Crippen molar-refractivity contribution in [2.45, 2.75) is 38.8 Å². The van der Waals surface area contributed by atoms with Crippen LogP contribution in [-0.4, -0.2) is 28.5 Å². The van der Waals surface area contributed by atoms with Gasteiger partial charge < -0.3 is 15.6 Å². The Labute approximate surface area is 101 Å². The van der Waals surface area contributed by atoms with E-state index < -0.39 is 0 Å². The Kier molecular flexibility index (Phi) is 4.14. The molecule has 5 heteroatoms. The van der Waals surface area contributed by atoms with Crippen LogP contribution in [0.15, 0.2) is 12.5 Å². The van der Waals surface area contributed by atoms with E-state index >= 15 is 0 Å². The summed E-state index contributed by atoms with van der Waals surface area (Å²) < 4.78 is 0. The van der Waals surface area contributed by atoms with Gasteiger partial charge in [-0.25, -0.2) is 4.98 Å². The molecule has 2 heterocycles. The van der Waals surface area contributed by atoms with Crippen molar-refractivity contribution in [3.63, 3.8) is 0 Å². The number of imidazole rings is 1. The van der Waals surface area contributed by atoms with Gasteiger partial charge in [-0.1, -0.05) is 13.3 Å². The van der Waals surface area contributed by atoms with E-state index in [0.717, 1.165) is 25.1 Å². The molecule has 2 rings (SSSR count). The molecule has 0 aliphatic carbocycles. The maximum absolute atomic E-state index is 11.9. The third-order valence-electron chi connectivity index (χ3n) is 3.41. The number of H-pyrrole nitrogens is 1. The van der Waals surface area contributed by atoms with Crippen LogP contribution in [0.1, 0.15) is 31.9 Å². The van der Waals surface area contributed by atoms with Gasteiger partial charge in [0.1, 0.15) is 0 Å². The number of hydrogen-bond acceptors (Lipinski definition) is 3. The van der Waals surface area contributed by atoms with Crippen LogP contribution in [0, 0.1) is 5.92 Å². The van der Waals surface area contributed by atoms with E-state index in [1.165, 1.54) is 6.42 Å². The van der Waals surface area contributed by atoms with Gasteiger partial charge in [-0.2, -0.15) is 0 Å². The van der Waals surface area contributed by atoms with Crippen LogP contribution < -0.4 is 10.6 Å². The molecule has 2 atom stereocenters. The summed E-state index contributed by atoms with van der Waals surface area (Å²) in [5.74, 6) is 0.775. The number of rotatable bonds is 4. The van der Waals surface area contributed by atoms with E-state index in [0.29, 0.717) is 12.5 Å². The summed E-state index contributed by atoms with van der Waals surface area (Å²) >= 11 is 0. The lowest BCUT2D eigenvalue weighted by Gasteiger charge is -2.28. The van der Waals surface area contributed by atoms with Gasteiger partial charge in [-0.05, 0) is 25.3 Å². The van der Waals surface area contributed by atoms with E-state index in [1.807, 2.05) is 0 Å². The molecule has 1 saturated heterocycles. The molecule has 1 amide bonds. The molecule has 0 spiro atoms. The van der Waals surface area contributed by atoms with E-state index in [4.69, 9.17) is 0 Å². The van der Waals surface area contributed by atoms with Crippen LogP contribution in [-0.2, 0) is 11.3 Å². The molecule has 1 aromatic heterocycles. The first-order valence-electron chi connectivity index (χ1n) is 6.28. The molecule has 0 saturated carbocycles. The third kappa shape index (κ3) is 3.30. The average molecular weight is 236 g/mol. The van der Waals surface area contributed by atoms with Crippen molar-refractivity contribution < 1.29 is 4.79 Å². The number of aromatic nitrogens is 2. The van der Waals surface area contributed by atoms with Gasteiger partial charge in [-0.15, -0.1) is 0 Å². The highest BCUT2D eigenvalue weighted by Gasteiger charge is 2.25. The first-order chi connectivity index (χ1) is 8.29. The zero-order chi connectivity index (χ0) is 12.1. The second kappa shape index (κ2) is 5.82. The number of amides is 1. The predicted octanol–water partition coefficient (Wildman–Crippen LogP) is 0.804. The molecule has 1 aromatic rings. The van der Waals surface area contributed by atoms with Crippen molar-refractivity contribution in [1.29, 1.82) is 0 Å². The molecule has 5 nitrogen and oxygen atoms in total. The Morgan fingerprint density at radius 2 is 2.53 bits per heavy atom. The monoisotopic (exact) mass is 236 g/mol. The largest absolute Gasteiger partial charge is 0.349 e. The minimum Gasteiger partial charge on any atom is -0.349 e. The average Bonchev–Trinajstić information content (AvgIpc) is 2.89. The fraction of sp³-hybridized carbons (Fsp3) is 0.667. The number of aromatic amines is 1. The second-order valence-corrected chi connectivity index (χ2v) is 4.60. The summed E-state index contributed by atoms with van der Waals surface area (Å²) in [5, 5.41) is 6.20. The van der Waals surface area contributed by atoms with Crippen LogP contribution >= 0.6 is 0 Å². The molecule has 0 radical (unpaired) electrons. The normalized spacial score (nSPS) is 24.5. The molecule has 17 heavy (non-hydrogen) atoms. The summed E-state index contributed by atoms with van der Waals surface area (Å²) in [5.41, 5.74) is 0.932. The Bertz CT molecular complexity index is 349. The van der Waals surface area contributed by atoms with Crippen LogP contribution in [0.3, 0.4) is 0 Å². The van der Waals surface area contributed by atoms with Crippen molar-refractivity contribution in [2.24, 2.45) is 5.92 Å². The summed E-state index contributed by atoms with van der Waals surface area (Å²) in [6.45, 7) is 3.66. The van der Waals surface area contributed by atoms with Crippen molar-refractivity contribution in [3.8, 4) is 0 Å². The fourth-order valence-electron chi connectivity index (χ4n) is 2.25. The lowest BCUT2D eigenvalue weighted by molar-refractivity contribution is -0.124. The highest BCUT2D eigenvalue weighted by molar-refractivity contribution is 5.81. The lowest BCUT2D eigenvalue weighted by atomic mass is 9.90. The molecular formula is C12H20N4O. The number of piperidine rings is 1. The molecule has 0 bridgehead atoms. The summed E-state index contributed by atoms with van der Waals surface area (Å²) in [6.07, 6.45) is 6.63. The third-order valence-corrected chi connectivity index (χ3v) is 3.41. The van der Waals surface area contributed by atoms with Gasteiger partial charge in [0.15, 0.2) is 0 Å². The Balaban J connectivity index is 1.79. The summed E-state index contributed by atoms with van der Waals surface area (Å²) in [6, 6.07) is -0.0309. The van der Waals surface area contributed by atoms with Gasteiger partial charge in [0.25, 0.3) is 0 Å². The SMILES string of the molecule is CCC1CCNC(C(=O)NCc2cnc[nH]2)C1. The topological polar surface area (TPSA) is 69.8 Å². The Morgan fingerprint density at radius 1 is 1.65 bits per heavy atom. The van der Waals surface area contributed by atoms with Crippen LogP contribution in [0.5, 0.6) is 0 Å². The molecule has 1 fully saturated rings. The maximum Gasteiger partial charge on any atom is 0.237 e. The van der Waals surface area contributed by atoms with E-state index in [9.17, 15) is 4.79 Å². The standard InChI is InChI=1S/C12H20N4O/c1-2-9-3-4-14-11(5-9)12(17)15-7-10-6-13-8-16-10/h6,8-9,11,14H,2-5,7H2,1H3,(H,13,16)(H,15,17). The van der Waals surface area contributed by atoms with Crippen LogP contribution in [0.25, 0.3) is 0 Å². The molecular weight excluding hydrogens is 216 g/mol. The number of carbonyl (C=O) groups is 1. The van der Waals surface area contributed by atoms with Crippen LogP contribution in [0.2, 0.25) is 0 Å². The van der Waals surface area contributed by atoms with E-state index in [1.54, 1.807) is 12.5 Å². The Morgan fingerprint density at radius 3 is 3.24 bits per heavy atom. The molecule has 2 unspecified atom stereocenters. The quantitative estimate of drug-likeness (QED) is 0.724. The summed E-state index contributed by atoms with van der Waals surface area (Å²) in [4.78, 5) is 18.8. The zero-order valence-corrected chi connectivity index (χ0v) is 10.2. The highest BCUT2D eigenvalue weighted by Crippen LogP contribution is 2.19. The van der Waals surface area contributed by atoms with Gasteiger partial charge in [-0.3, -0.25) is 4.79 Å². The van der Waals surface area contributed by atoms with Crippen molar-refractivity contribution in [3.05, 3.63) is 18.2 Å². The summed E-state index contributed by atoms with van der Waals surface area (Å²) in [7, 11) is 0. The minimum atomic E-state index is -0.0309. The maximum atomic E-state index is 11.9. The highest BCUT2D eigenvalue weighted by atomic mass is 16.2. The number of nitrogens with zero attached hydrogens (tertiary/aromatic N) is 1. The molecule has 1 aliphatic heterocycles. The zero-order valence-electron chi connectivity index (χ0n) is 10.2. The van der Waals surface area contributed by atoms with Gasteiger partial charge in [0, 0.05) is 6.20 Å². The van der Waals surface area contributed by atoms with Gasteiger partial charge in [0.05, 0.1) is 24.6 Å². The minimum absolute atomic E-state index is 0.0309. The number of hydrogen-bond donors (Lipinski definition) is 3. The number of nitrogens with one attached hydrogen (secondary N) is 3. The number of carbonyl (C=O) groups excluding carboxylic acids is 1. The molecule has 3 N–H and O–H groups in total. The van der Waals surface area contributed by atoms with Crippen LogP contribution in [0.4, 0.5) is 0 Å². The second-order valence-electron chi connectivity index (χ2n) is 4.60. The first-order valence-corrected chi connectivity index (χ1v) is 6.28. The molecule has 0 aromatic carbocycles. The van der Waals surface area contributed by atoms with Crippen molar-refractivity contribution in [1.82, 2.24) is 20.6 Å². The van der Waals surface area contributed by atoms with E-state index in [-0.39, 0.29) is 11.9 Å². The Hall–Kier alpha value is -1.36. The fourth-order valence-corrected chi connectivity index (χ4v) is 2.25. The van der Waals surface area contributed by atoms with Crippen molar-refractivity contribution in [2.75, 3.05) is 6.54 Å². The first kappa shape index (κ1) is 12.1. The molecule has 1 aliphatic rings. The van der Waals surface area contributed by atoms with Crippen molar-refractivity contribution >= 4 is 5.91 Å². The smallest absolute Gasteiger partial charge is 0.237 e. The molecule has 94 valence electrons. The lowest BCUT2D eigenvalue weighted by Crippen LogP contribution is -2.48. The van der Waals surface area contributed by atoms with Gasteiger partial charge in [0.2, 0.25) is 5.91 Å². The van der Waals surface area contributed by atoms with E-state index in [2.05, 4.69) is 27.5 Å². The predicted molar refractivity (Wildman–Crippen MR) is 65.2 cm³/mol. The van der Waals surface area contributed by atoms with Gasteiger partial charge >= 0.3 is 0 Å².